The van der Waals surface area contributed by atoms with Crippen molar-refractivity contribution in [3.63, 3.8) is 0 Å². The summed E-state index contributed by atoms with van der Waals surface area (Å²) in [7, 11) is 0. The van der Waals surface area contributed by atoms with Crippen molar-refractivity contribution in [3.8, 4) is 44.5 Å². The Morgan fingerprint density at radius 2 is 0.300 bits per heavy atom. The predicted octanol–water partition coefficient (Wildman–Crippen LogP) is 12.6. The lowest BCUT2D eigenvalue weighted by Crippen LogP contribution is -1.85. The summed E-state index contributed by atoms with van der Waals surface area (Å²) < 4.78 is 0. The largest absolute Gasteiger partial charge is 0.399 e. The Morgan fingerprint density at radius 1 is 0.160 bits per heavy atom. The molecular weight excluding hydrogens is 605 g/mol. The van der Waals surface area contributed by atoms with E-state index in [2.05, 4.69) is 146 Å². The highest BCUT2D eigenvalue weighted by Gasteiger charge is 1.96. The highest BCUT2D eigenvalue weighted by molar-refractivity contribution is 5.67. The van der Waals surface area contributed by atoms with Gasteiger partial charge in [-0.3, -0.25) is 0 Å². The van der Waals surface area contributed by atoms with Crippen LogP contribution < -0.4 is 11.5 Å². The Bertz CT molecular complexity index is 1710. The molecule has 0 aliphatic carbocycles. The lowest BCUT2D eigenvalue weighted by Gasteiger charge is -2.02. The van der Waals surface area contributed by atoms with Crippen LogP contribution in [0.4, 0.5) is 11.4 Å². The standard InChI is InChI=1S/C12H12N2.3C12H10/c13-11-5-1-9(2-6-11)10-3-7-12(14)8-4-10;3*1-3-7-11(8-4-1)12-9-5-2-6-10-12/h1-8H,13-14H2;3*1-10H. The minimum Gasteiger partial charge on any atom is -0.399 e. The Morgan fingerprint density at radius 3 is 0.460 bits per heavy atom. The third kappa shape index (κ3) is 11.3. The molecule has 2 nitrogen and oxygen atoms in total. The Balaban J connectivity index is 0.000000130. The lowest BCUT2D eigenvalue weighted by molar-refractivity contribution is 1.61. The first-order chi connectivity index (χ1) is 24.7. The summed E-state index contributed by atoms with van der Waals surface area (Å²) >= 11 is 0. The van der Waals surface area contributed by atoms with E-state index in [4.69, 9.17) is 11.5 Å². The van der Waals surface area contributed by atoms with Gasteiger partial charge >= 0.3 is 0 Å². The average Bonchev–Trinajstić information content (AvgIpc) is 3.21. The van der Waals surface area contributed by atoms with Gasteiger partial charge in [0.1, 0.15) is 0 Å². The highest BCUT2D eigenvalue weighted by Crippen LogP contribution is 2.22. The van der Waals surface area contributed by atoms with Gasteiger partial charge in [0.15, 0.2) is 0 Å². The van der Waals surface area contributed by atoms with Gasteiger partial charge in [-0.2, -0.15) is 0 Å². The summed E-state index contributed by atoms with van der Waals surface area (Å²) in [6.07, 6.45) is 0. The third-order valence-electron chi connectivity index (χ3n) is 7.80. The van der Waals surface area contributed by atoms with E-state index in [9.17, 15) is 0 Å². The van der Waals surface area contributed by atoms with Crippen molar-refractivity contribution in [2.45, 2.75) is 0 Å². The van der Waals surface area contributed by atoms with Crippen LogP contribution in [-0.2, 0) is 0 Å². The first kappa shape index (κ1) is 34.7. The molecule has 0 aliphatic heterocycles. The number of hydrogen-bond acceptors (Lipinski definition) is 2. The summed E-state index contributed by atoms with van der Waals surface area (Å²) in [5, 5.41) is 0. The lowest BCUT2D eigenvalue weighted by atomic mass is 10.1. The molecule has 0 atom stereocenters. The molecule has 0 saturated heterocycles. The number of nitrogens with two attached hydrogens (primary N) is 2. The van der Waals surface area contributed by atoms with E-state index in [1.807, 2.05) is 84.9 Å². The topological polar surface area (TPSA) is 52.0 Å². The van der Waals surface area contributed by atoms with Gasteiger partial charge < -0.3 is 11.5 Å². The molecule has 8 aromatic carbocycles. The molecule has 4 N–H and O–H groups in total. The molecule has 8 aromatic rings. The van der Waals surface area contributed by atoms with Gasteiger partial charge in [0.25, 0.3) is 0 Å². The van der Waals surface area contributed by atoms with Crippen LogP contribution in [0.5, 0.6) is 0 Å². The van der Waals surface area contributed by atoms with Crippen molar-refractivity contribution in [1.82, 2.24) is 0 Å². The second kappa shape index (κ2) is 19.2. The van der Waals surface area contributed by atoms with E-state index >= 15 is 0 Å². The molecule has 0 aromatic heterocycles. The summed E-state index contributed by atoms with van der Waals surface area (Å²) in [6.45, 7) is 0. The molecule has 0 aliphatic rings. The monoisotopic (exact) mass is 646 g/mol. The smallest absolute Gasteiger partial charge is 0.0314 e. The second-order valence-corrected chi connectivity index (χ2v) is 11.4. The van der Waals surface area contributed by atoms with Crippen molar-refractivity contribution in [2.24, 2.45) is 0 Å². The maximum absolute atomic E-state index is 5.61. The highest BCUT2D eigenvalue weighted by atomic mass is 14.5. The fourth-order valence-corrected chi connectivity index (χ4v) is 5.13. The zero-order valence-corrected chi connectivity index (χ0v) is 28.1. The van der Waals surface area contributed by atoms with Crippen molar-refractivity contribution < 1.29 is 0 Å². The zero-order chi connectivity index (χ0) is 34.6. The van der Waals surface area contributed by atoms with Gasteiger partial charge in [-0.15, -0.1) is 0 Å². The molecule has 0 unspecified atom stereocenters. The van der Waals surface area contributed by atoms with Gasteiger partial charge in [0.2, 0.25) is 0 Å². The summed E-state index contributed by atoms with van der Waals surface area (Å²) in [5.74, 6) is 0. The molecule has 2 heteroatoms. The molecule has 0 amide bonds. The van der Waals surface area contributed by atoms with E-state index in [-0.39, 0.29) is 0 Å². The van der Waals surface area contributed by atoms with E-state index < -0.39 is 0 Å². The first-order valence-corrected chi connectivity index (χ1v) is 16.7. The van der Waals surface area contributed by atoms with Crippen LogP contribution in [0.25, 0.3) is 44.5 Å². The molecule has 244 valence electrons. The van der Waals surface area contributed by atoms with Crippen LogP contribution in [0.3, 0.4) is 0 Å². The van der Waals surface area contributed by atoms with Crippen molar-refractivity contribution in [2.75, 3.05) is 11.5 Å². The Hall–Kier alpha value is -6.64. The number of nitrogen functional groups attached to an aromatic ring is 2. The molecule has 50 heavy (non-hydrogen) atoms. The molecule has 0 bridgehead atoms. The predicted molar refractivity (Wildman–Crippen MR) is 216 cm³/mol. The Kier molecular flexibility index (Phi) is 13.4. The molecule has 0 saturated carbocycles. The summed E-state index contributed by atoms with van der Waals surface area (Å²) in [5.41, 5.74) is 22.7. The van der Waals surface area contributed by atoms with Crippen LogP contribution >= 0.6 is 0 Å². The fourth-order valence-electron chi connectivity index (χ4n) is 5.13. The number of rotatable bonds is 4. The maximum Gasteiger partial charge on any atom is 0.0314 e. The van der Waals surface area contributed by atoms with Crippen LogP contribution in [0.2, 0.25) is 0 Å². The molecule has 0 spiro atoms. The van der Waals surface area contributed by atoms with Crippen molar-refractivity contribution in [1.29, 1.82) is 0 Å². The van der Waals surface area contributed by atoms with E-state index in [0.717, 1.165) is 22.5 Å². The summed E-state index contributed by atoms with van der Waals surface area (Å²) in [6, 6.07) is 77.9. The van der Waals surface area contributed by atoms with E-state index in [1.165, 1.54) is 33.4 Å². The van der Waals surface area contributed by atoms with Crippen LogP contribution in [0, 0.1) is 0 Å². The van der Waals surface area contributed by atoms with E-state index in [1.54, 1.807) is 0 Å². The van der Waals surface area contributed by atoms with Gasteiger partial charge in [-0.1, -0.05) is 206 Å². The normalized spacial score (nSPS) is 9.76. The van der Waals surface area contributed by atoms with Crippen LogP contribution in [-0.4, -0.2) is 0 Å². The number of benzene rings is 8. The van der Waals surface area contributed by atoms with Crippen LogP contribution in [0.1, 0.15) is 0 Å². The van der Waals surface area contributed by atoms with Crippen molar-refractivity contribution >= 4 is 11.4 Å². The molecule has 8 rings (SSSR count). The Labute approximate surface area is 297 Å². The zero-order valence-electron chi connectivity index (χ0n) is 28.1. The number of anilines is 2. The molecular formula is C48H42N2. The third-order valence-corrected chi connectivity index (χ3v) is 7.80. The number of hydrogen-bond donors (Lipinski definition) is 2. The minimum absolute atomic E-state index is 0.782. The SMILES string of the molecule is Nc1ccc(-c2ccc(N)cc2)cc1.c1ccc(-c2ccccc2)cc1.c1ccc(-c2ccccc2)cc1.c1ccc(-c2ccccc2)cc1. The minimum atomic E-state index is 0.782. The van der Waals surface area contributed by atoms with Gasteiger partial charge in [0, 0.05) is 11.4 Å². The van der Waals surface area contributed by atoms with Gasteiger partial charge in [0.05, 0.1) is 0 Å². The first-order valence-electron chi connectivity index (χ1n) is 16.7. The van der Waals surface area contributed by atoms with Crippen molar-refractivity contribution in [3.05, 3.63) is 231 Å². The van der Waals surface area contributed by atoms with Gasteiger partial charge in [-0.25, -0.2) is 0 Å². The van der Waals surface area contributed by atoms with E-state index in [0.29, 0.717) is 0 Å². The maximum atomic E-state index is 5.61. The summed E-state index contributed by atoms with van der Waals surface area (Å²) in [4.78, 5) is 0. The molecule has 0 fully saturated rings. The second-order valence-electron chi connectivity index (χ2n) is 11.4. The van der Waals surface area contributed by atoms with Gasteiger partial charge in [-0.05, 0) is 68.8 Å². The molecule has 0 heterocycles. The quantitative estimate of drug-likeness (QED) is 0.187. The average molecular weight is 647 g/mol. The fraction of sp³-hybridized carbons (Fsp3) is 0. The molecule has 0 radical (unpaired) electrons. The van der Waals surface area contributed by atoms with Crippen LogP contribution in [0.15, 0.2) is 231 Å².